The second kappa shape index (κ2) is 49.4. The van der Waals surface area contributed by atoms with Gasteiger partial charge in [0.25, 0.3) is 0 Å². The summed E-state index contributed by atoms with van der Waals surface area (Å²) in [5.41, 5.74) is 5.38. The summed E-state index contributed by atoms with van der Waals surface area (Å²) in [6, 6.07) is 0. The van der Waals surface area contributed by atoms with Crippen LogP contribution in [0.1, 0.15) is 194 Å². The molecule has 0 aromatic carbocycles. The fourth-order valence-corrected chi connectivity index (χ4v) is 7.16. The number of ether oxygens (including phenoxy) is 2. The summed E-state index contributed by atoms with van der Waals surface area (Å²) < 4.78 is 33.5. The van der Waals surface area contributed by atoms with Gasteiger partial charge in [-0.3, -0.25) is 13.8 Å². The summed E-state index contributed by atoms with van der Waals surface area (Å²) in [5.74, 6) is -0.390. The highest BCUT2D eigenvalue weighted by molar-refractivity contribution is 7.47. The second-order valence-corrected chi connectivity index (χ2v) is 17.4. The number of unbranched alkanes of at least 4 members (excludes halogenated alkanes) is 17. The first-order valence-corrected chi connectivity index (χ1v) is 26.2. The molecular weight excluding hydrogens is 794 g/mol. The molecule has 0 aromatic heterocycles. The number of nitrogens with two attached hydrogens (primary N) is 1. The number of phosphoric acid groups is 1. The lowest BCUT2D eigenvalue weighted by Gasteiger charge is -2.20. The molecule has 0 spiro atoms. The lowest BCUT2D eigenvalue weighted by Crippen LogP contribution is -2.28. The van der Waals surface area contributed by atoms with Crippen molar-refractivity contribution in [3.8, 4) is 0 Å². The normalized spacial score (nSPS) is 14.2. The van der Waals surface area contributed by atoms with Crippen molar-refractivity contribution in [2.75, 3.05) is 33.0 Å². The molecular formula is C53H92NO7P. The number of hydrogen-bond donors (Lipinski definition) is 2. The largest absolute Gasteiger partial charge is 0.472 e. The van der Waals surface area contributed by atoms with Crippen LogP contribution in [0.5, 0.6) is 0 Å². The Kier molecular flexibility index (Phi) is 47.4. The van der Waals surface area contributed by atoms with Gasteiger partial charge in [0.15, 0.2) is 0 Å². The maximum Gasteiger partial charge on any atom is 0.472 e. The number of hydrogen-bond acceptors (Lipinski definition) is 7. The molecule has 9 heteroatoms. The molecule has 2 atom stereocenters. The third kappa shape index (κ3) is 48.5. The van der Waals surface area contributed by atoms with Crippen LogP contribution in [0, 0.1) is 0 Å². The number of carbonyl (C=O) groups excluding carboxylic acids is 1. The van der Waals surface area contributed by atoms with Crippen LogP contribution in [0.3, 0.4) is 0 Å². The van der Waals surface area contributed by atoms with Gasteiger partial charge >= 0.3 is 13.8 Å². The Labute approximate surface area is 380 Å². The van der Waals surface area contributed by atoms with E-state index < -0.39 is 19.9 Å². The van der Waals surface area contributed by atoms with Crippen molar-refractivity contribution in [2.24, 2.45) is 5.73 Å². The number of esters is 1. The van der Waals surface area contributed by atoms with Gasteiger partial charge in [0.1, 0.15) is 6.10 Å². The predicted octanol–water partition coefficient (Wildman–Crippen LogP) is 15.4. The molecule has 0 radical (unpaired) electrons. The summed E-state index contributed by atoms with van der Waals surface area (Å²) in [7, 11) is -4.30. The Balaban J connectivity index is 4.03. The highest BCUT2D eigenvalue weighted by atomic mass is 31.2. The zero-order valence-electron chi connectivity index (χ0n) is 39.6. The first kappa shape index (κ1) is 59.4. The van der Waals surface area contributed by atoms with E-state index in [1.165, 1.54) is 103 Å². The highest BCUT2D eigenvalue weighted by Crippen LogP contribution is 2.43. The van der Waals surface area contributed by atoms with Gasteiger partial charge in [-0.1, -0.05) is 195 Å². The van der Waals surface area contributed by atoms with E-state index in [0.717, 1.165) is 64.2 Å². The molecule has 0 aliphatic carbocycles. The van der Waals surface area contributed by atoms with E-state index in [-0.39, 0.29) is 32.8 Å². The molecule has 0 saturated carbocycles. The van der Waals surface area contributed by atoms with Crippen LogP contribution in [0.4, 0.5) is 0 Å². The van der Waals surface area contributed by atoms with E-state index in [1.54, 1.807) is 0 Å². The molecule has 0 saturated heterocycles. The van der Waals surface area contributed by atoms with Gasteiger partial charge in [-0.25, -0.2) is 4.57 Å². The quantitative estimate of drug-likeness (QED) is 0.0269. The summed E-state index contributed by atoms with van der Waals surface area (Å²) in [4.78, 5) is 22.5. The Morgan fingerprint density at radius 1 is 0.500 bits per heavy atom. The summed E-state index contributed by atoms with van der Waals surface area (Å²) in [6.07, 6.45) is 65.9. The predicted molar refractivity (Wildman–Crippen MR) is 265 cm³/mol. The molecule has 2 unspecified atom stereocenters. The van der Waals surface area contributed by atoms with Gasteiger partial charge < -0.3 is 20.1 Å². The summed E-state index contributed by atoms with van der Waals surface area (Å²) in [6.45, 7) is 4.70. The number of phosphoric ester groups is 1. The smallest absolute Gasteiger partial charge is 0.457 e. The molecule has 8 nitrogen and oxygen atoms in total. The lowest BCUT2D eigenvalue weighted by atomic mass is 10.1. The maximum absolute atomic E-state index is 12.6. The van der Waals surface area contributed by atoms with Crippen molar-refractivity contribution < 1.29 is 32.8 Å². The molecule has 356 valence electrons. The third-order valence-electron chi connectivity index (χ3n) is 9.99. The van der Waals surface area contributed by atoms with Gasteiger partial charge in [-0.05, 0) is 89.9 Å². The van der Waals surface area contributed by atoms with Crippen molar-refractivity contribution in [1.29, 1.82) is 0 Å². The van der Waals surface area contributed by atoms with Crippen molar-refractivity contribution >= 4 is 13.8 Å². The van der Waals surface area contributed by atoms with Crippen LogP contribution in [-0.2, 0) is 27.9 Å². The van der Waals surface area contributed by atoms with E-state index in [0.29, 0.717) is 13.0 Å². The molecule has 0 amide bonds. The van der Waals surface area contributed by atoms with E-state index in [2.05, 4.69) is 111 Å². The van der Waals surface area contributed by atoms with Crippen LogP contribution in [0.15, 0.2) is 97.2 Å². The zero-order valence-corrected chi connectivity index (χ0v) is 40.5. The van der Waals surface area contributed by atoms with E-state index in [9.17, 15) is 14.3 Å². The van der Waals surface area contributed by atoms with Crippen LogP contribution in [0.25, 0.3) is 0 Å². The minimum atomic E-state index is -4.30. The van der Waals surface area contributed by atoms with E-state index >= 15 is 0 Å². The maximum atomic E-state index is 12.6. The summed E-state index contributed by atoms with van der Waals surface area (Å²) >= 11 is 0. The molecule has 0 rings (SSSR count). The van der Waals surface area contributed by atoms with Crippen molar-refractivity contribution in [3.63, 3.8) is 0 Å². The number of rotatable bonds is 46. The third-order valence-corrected chi connectivity index (χ3v) is 11.0. The molecule has 0 heterocycles. The van der Waals surface area contributed by atoms with Gasteiger partial charge in [0.05, 0.1) is 19.8 Å². The monoisotopic (exact) mass is 886 g/mol. The Morgan fingerprint density at radius 3 is 1.35 bits per heavy atom. The van der Waals surface area contributed by atoms with Crippen LogP contribution in [0.2, 0.25) is 0 Å². The highest BCUT2D eigenvalue weighted by Gasteiger charge is 2.25. The standard InChI is InChI=1S/C53H92NO7P/c1-3-5-7-9-11-13-15-17-19-21-22-23-24-25-26-27-28-29-31-33-35-37-39-41-43-45-48-58-50-52(51-60-62(56,57)59-49-47-54)61-53(55)46-44-42-40-38-36-34-32-30-20-18-16-14-12-10-8-6-4-2/h6,8,12,14-15,17-18,20-22,24-25,32,34,38,40,52H,3-5,7,9-11,13,16,19,23,26-31,33,35-37,39,41-51,54H2,1-2H3,(H,56,57)/b8-6-,14-12-,17-15-,20-18-,22-21-,25-24-,34-32-,40-38-. The average molecular weight is 886 g/mol. The Hall–Kier alpha value is -2.58. The Morgan fingerprint density at radius 2 is 0.903 bits per heavy atom. The van der Waals surface area contributed by atoms with Crippen LogP contribution < -0.4 is 5.73 Å². The van der Waals surface area contributed by atoms with Gasteiger partial charge in [0, 0.05) is 19.6 Å². The summed E-state index contributed by atoms with van der Waals surface area (Å²) in [5, 5.41) is 0. The molecule has 0 aliphatic rings. The fraction of sp³-hybridized carbons (Fsp3) is 0.679. The van der Waals surface area contributed by atoms with Crippen LogP contribution >= 0.6 is 7.82 Å². The number of carbonyl (C=O) groups is 1. The second-order valence-electron chi connectivity index (χ2n) is 15.9. The molecule has 0 aromatic rings. The van der Waals surface area contributed by atoms with Crippen molar-refractivity contribution in [3.05, 3.63) is 97.2 Å². The van der Waals surface area contributed by atoms with Crippen molar-refractivity contribution in [1.82, 2.24) is 0 Å². The first-order valence-electron chi connectivity index (χ1n) is 24.7. The average Bonchev–Trinajstić information content (AvgIpc) is 3.26. The minimum absolute atomic E-state index is 0.0858. The zero-order chi connectivity index (χ0) is 45.1. The molecule has 0 fully saturated rings. The van der Waals surface area contributed by atoms with Gasteiger partial charge in [0.2, 0.25) is 0 Å². The van der Waals surface area contributed by atoms with Crippen LogP contribution in [-0.4, -0.2) is 49.9 Å². The number of allylic oxidation sites excluding steroid dienone is 16. The SMILES string of the molecule is CC/C=C\C/C=C\C/C=C\C/C=C\C/C=C\CCCC(=O)OC(COCCCCCCCCCCCCC/C=C\C/C=C\C/C=C\CCCCCCC)COP(=O)(O)OCCN. The van der Waals surface area contributed by atoms with Gasteiger partial charge in [-0.2, -0.15) is 0 Å². The molecule has 0 bridgehead atoms. The van der Waals surface area contributed by atoms with E-state index in [1.807, 2.05) is 0 Å². The Bertz CT molecular complexity index is 1270. The van der Waals surface area contributed by atoms with Gasteiger partial charge in [-0.15, -0.1) is 0 Å². The molecule has 3 N–H and O–H groups in total. The first-order chi connectivity index (χ1) is 30.4. The molecule has 62 heavy (non-hydrogen) atoms. The fourth-order valence-electron chi connectivity index (χ4n) is 6.39. The molecule has 0 aliphatic heterocycles. The lowest BCUT2D eigenvalue weighted by molar-refractivity contribution is -0.154. The minimum Gasteiger partial charge on any atom is -0.457 e. The van der Waals surface area contributed by atoms with Crippen molar-refractivity contribution in [2.45, 2.75) is 200 Å². The topological polar surface area (TPSA) is 117 Å². The van der Waals surface area contributed by atoms with E-state index in [4.69, 9.17) is 24.3 Å².